The lowest BCUT2D eigenvalue weighted by Gasteiger charge is -2.28. The molecule has 140 valence electrons. The van der Waals surface area contributed by atoms with E-state index in [0.717, 1.165) is 16.7 Å². The number of rotatable bonds is 2. The third-order valence-corrected chi connectivity index (χ3v) is 4.89. The number of carbonyl (C=O) groups is 1. The minimum atomic E-state index is -0.107. The van der Waals surface area contributed by atoms with Crippen LogP contribution in [0, 0.1) is 13.8 Å². The van der Waals surface area contributed by atoms with Gasteiger partial charge in [-0.3, -0.25) is 9.59 Å². The molecule has 1 amide bonds. The van der Waals surface area contributed by atoms with E-state index >= 15 is 0 Å². The Morgan fingerprint density at radius 3 is 2.78 bits per heavy atom. The van der Waals surface area contributed by atoms with Gasteiger partial charge in [0.05, 0.1) is 29.4 Å². The molecule has 0 aromatic carbocycles. The summed E-state index contributed by atoms with van der Waals surface area (Å²) in [4.78, 5) is 38.9. The van der Waals surface area contributed by atoms with Crippen LogP contribution in [0.4, 0.5) is 0 Å². The number of aromatic amines is 1. The zero-order chi connectivity index (χ0) is 19.3. The van der Waals surface area contributed by atoms with E-state index in [2.05, 4.69) is 20.1 Å². The molecule has 4 rings (SSSR count). The van der Waals surface area contributed by atoms with Gasteiger partial charge in [0, 0.05) is 23.8 Å². The molecule has 0 radical (unpaired) electrons. The van der Waals surface area contributed by atoms with Gasteiger partial charge in [-0.15, -0.1) is 0 Å². The van der Waals surface area contributed by atoms with E-state index < -0.39 is 0 Å². The molecule has 3 aromatic rings. The zero-order valence-electron chi connectivity index (χ0n) is 15.9. The van der Waals surface area contributed by atoms with Gasteiger partial charge in [0.25, 0.3) is 11.5 Å². The molecule has 0 saturated carbocycles. The number of aryl methyl sites for hydroxylation is 2. The first kappa shape index (κ1) is 17.4. The summed E-state index contributed by atoms with van der Waals surface area (Å²) in [5.74, 6) is 0.479. The number of nitrogens with zero attached hydrogens (tertiary/aromatic N) is 5. The second-order valence-corrected chi connectivity index (χ2v) is 7.28. The molecule has 1 N–H and O–H groups in total. The van der Waals surface area contributed by atoms with E-state index in [1.165, 1.54) is 0 Å². The number of aromatic nitrogens is 5. The van der Waals surface area contributed by atoms with Crippen LogP contribution in [0.15, 0.2) is 17.1 Å². The predicted molar refractivity (Wildman–Crippen MR) is 101 cm³/mol. The fraction of sp³-hybridized carbons (Fsp3) is 0.421. The Kier molecular flexibility index (Phi) is 4.05. The molecular weight excluding hydrogens is 344 g/mol. The van der Waals surface area contributed by atoms with Crippen LogP contribution in [0.25, 0.3) is 11.0 Å². The Morgan fingerprint density at radius 2 is 2.04 bits per heavy atom. The molecular formula is C19H22N6O2. The van der Waals surface area contributed by atoms with Crippen molar-refractivity contribution in [2.75, 3.05) is 6.54 Å². The average molecular weight is 366 g/mol. The number of H-pyrrole nitrogens is 1. The number of hydrogen-bond donors (Lipinski definition) is 1. The molecule has 0 bridgehead atoms. The molecule has 0 unspecified atom stereocenters. The van der Waals surface area contributed by atoms with Crippen LogP contribution in [0.5, 0.6) is 0 Å². The summed E-state index contributed by atoms with van der Waals surface area (Å²) in [6.45, 7) is 8.51. The second kappa shape index (κ2) is 6.29. The summed E-state index contributed by atoms with van der Waals surface area (Å²) < 4.78 is 1.83. The Morgan fingerprint density at radius 1 is 1.26 bits per heavy atom. The van der Waals surface area contributed by atoms with Gasteiger partial charge in [-0.05, 0) is 40.2 Å². The maximum Gasteiger partial charge on any atom is 0.255 e. The summed E-state index contributed by atoms with van der Waals surface area (Å²) in [7, 11) is 0. The van der Waals surface area contributed by atoms with Gasteiger partial charge in [-0.1, -0.05) is 0 Å². The topological polar surface area (TPSA) is 96.8 Å². The Labute approximate surface area is 156 Å². The molecule has 0 saturated heterocycles. The van der Waals surface area contributed by atoms with Gasteiger partial charge in [-0.25, -0.2) is 14.6 Å². The highest BCUT2D eigenvalue weighted by Crippen LogP contribution is 2.24. The smallest absolute Gasteiger partial charge is 0.255 e. The van der Waals surface area contributed by atoms with E-state index in [9.17, 15) is 9.59 Å². The van der Waals surface area contributed by atoms with Crippen molar-refractivity contribution in [3.63, 3.8) is 0 Å². The summed E-state index contributed by atoms with van der Waals surface area (Å²) in [6.07, 6.45) is 2.21. The molecule has 4 heterocycles. The number of carbonyl (C=O) groups excluding carboxylic acids is 1. The lowest BCUT2D eigenvalue weighted by atomic mass is 10.0. The van der Waals surface area contributed by atoms with Crippen LogP contribution in [-0.4, -0.2) is 42.1 Å². The Balaban J connectivity index is 1.74. The number of fused-ring (bicyclic) bond motifs is 2. The van der Waals surface area contributed by atoms with Crippen LogP contribution in [0.3, 0.4) is 0 Å². The van der Waals surface area contributed by atoms with E-state index in [4.69, 9.17) is 0 Å². The standard InChI is InChI=1S/C19H22N6O2/c1-10(2)25-17-15(8-20-25)14(7-11(3)21-17)19(27)24-6-5-13-16(9-24)22-12(4)23-18(13)26/h7-8,10H,5-6,9H2,1-4H3,(H,22,23,26). The summed E-state index contributed by atoms with van der Waals surface area (Å²) in [5, 5.41) is 5.16. The fourth-order valence-corrected chi connectivity index (χ4v) is 3.61. The highest BCUT2D eigenvalue weighted by molar-refractivity contribution is 6.05. The molecule has 0 fully saturated rings. The molecule has 0 atom stereocenters. The van der Waals surface area contributed by atoms with Crippen molar-refractivity contribution in [3.8, 4) is 0 Å². The van der Waals surface area contributed by atoms with Gasteiger partial charge in [0.2, 0.25) is 0 Å². The SMILES string of the molecule is Cc1cc(C(=O)N2CCc3c(nc(C)[nH]c3=O)C2)c2cnn(C(C)C)c2n1. The minimum absolute atomic E-state index is 0.0841. The quantitative estimate of drug-likeness (QED) is 0.747. The molecule has 1 aliphatic rings. The van der Waals surface area contributed by atoms with Gasteiger partial charge in [0.1, 0.15) is 5.82 Å². The molecule has 27 heavy (non-hydrogen) atoms. The summed E-state index contributed by atoms with van der Waals surface area (Å²) in [5.41, 5.74) is 3.33. The van der Waals surface area contributed by atoms with Gasteiger partial charge in [-0.2, -0.15) is 5.10 Å². The second-order valence-electron chi connectivity index (χ2n) is 7.28. The van der Waals surface area contributed by atoms with Crippen molar-refractivity contribution in [2.45, 2.75) is 46.7 Å². The highest BCUT2D eigenvalue weighted by atomic mass is 16.2. The monoisotopic (exact) mass is 366 g/mol. The average Bonchev–Trinajstić information content (AvgIpc) is 3.03. The minimum Gasteiger partial charge on any atom is -0.332 e. The first-order chi connectivity index (χ1) is 12.8. The first-order valence-corrected chi connectivity index (χ1v) is 9.08. The number of pyridine rings is 1. The van der Waals surface area contributed by atoms with Crippen LogP contribution in [-0.2, 0) is 13.0 Å². The molecule has 8 heteroatoms. The zero-order valence-corrected chi connectivity index (χ0v) is 15.9. The molecule has 8 nitrogen and oxygen atoms in total. The first-order valence-electron chi connectivity index (χ1n) is 9.08. The van der Waals surface area contributed by atoms with Crippen LogP contribution < -0.4 is 5.56 Å². The predicted octanol–water partition coefficient (Wildman–Crippen LogP) is 1.91. The molecule has 0 spiro atoms. The Bertz CT molecular complexity index is 1110. The number of nitrogens with one attached hydrogen (secondary N) is 1. The van der Waals surface area contributed by atoms with Crippen molar-refractivity contribution in [3.05, 3.63) is 51.0 Å². The van der Waals surface area contributed by atoms with E-state index in [0.29, 0.717) is 42.2 Å². The third kappa shape index (κ3) is 2.90. The van der Waals surface area contributed by atoms with Gasteiger partial charge < -0.3 is 9.88 Å². The fourth-order valence-electron chi connectivity index (χ4n) is 3.61. The van der Waals surface area contributed by atoms with Crippen LogP contribution >= 0.6 is 0 Å². The van der Waals surface area contributed by atoms with Crippen molar-refractivity contribution in [1.29, 1.82) is 0 Å². The normalized spacial score (nSPS) is 14.0. The van der Waals surface area contributed by atoms with E-state index in [1.807, 2.05) is 31.5 Å². The molecule has 0 aliphatic carbocycles. The maximum atomic E-state index is 13.3. The van der Waals surface area contributed by atoms with Gasteiger partial charge in [0.15, 0.2) is 5.65 Å². The van der Waals surface area contributed by atoms with Crippen LogP contribution in [0.2, 0.25) is 0 Å². The van der Waals surface area contributed by atoms with E-state index in [-0.39, 0.29) is 17.5 Å². The number of amides is 1. The Hall–Kier alpha value is -3.03. The lowest BCUT2D eigenvalue weighted by Crippen LogP contribution is -2.39. The summed E-state index contributed by atoms with van der Waals surface area (Å²) >= 11 is 0. The van der Waals surface area contributed by atoms with Crippen molar-refractivity contribution < 1.29 is 4.79 Å². The molecule has 3 aromatic heterocycles. The third-order valence-electron chi connectivity index (χ3n) is 4.89. The van der Waals surface area contributed by atoms with Crippen molar-refractivity contribution in [1.82, 2.24) is 29.6 Å². The summed E-state index contributed by atoms with van der Waals surface area (Å²) in [6, 6.07) is 1.96. The largest absolute Gasteiger partial charge is 0.332 e. The lowest BCUT2D eigenvalue weighted by molar-refractivity contribution is 0.0733. The van der Waals surface area contributed by atoms with E-state index in [1.54, 1.807) is 18.0 Å². The number of hydrogen-bond acceptors (Lipinski definition) is 5. The molecule has 1 aliphatic heterocycles. The van der Waals surface area contributed by atoms with Crippen molar-refractivity contribution in [2.24, 2.45) is 0 Å². The van der Waals surface area contributed by atoms with Crippen molar-refractivity contribution >= 4 is 16.9 Å². The highest BCUT2D eigenvalue weighted by Gasteiger charge is 2.27. The van der Waals surface area contributed by atoms with Crippen LogP contribution in [0.1, 0.15) is 53.0 Å². The maximum absolute atomic E-state index is 13.3. The van der Waals surface area contributed by atoms with Gasteiger partial charge >= 0.3 is 0 Å².